The predicted octanol–water partition coefficient (Wildman–Crippen LogP) is 2.66. The van der Waals surface area contributed by atoms with Crippen LogP contribution in [0.3, 0.4) is 0 Å². The number of rotatable bonds is 6. The summed E-state index contributed by atoms with van der Waals surface area (Å²) in [6.45, 7) is 7.66. The second kappa shape index (κ2) is 6.35. The lowest BCUT2D eigenvalue weighted by molar-refractivity contribution is -0.384. The summed E-state index contributed by atoms with van der Waals surface area (Å²) in [5.41, 5.74) is 1.67. The molecule has 1 aromatic carbocycles. The number of aryl methyl sites for hydroxylation is 1. The summed E-state index contributed by atoms with van der Waals surface area (Å²) in [4.78, 5) is 12.8. The van der Waals surface area contributed by atoms with Gasteiger partial charge in [-0.05, 0) is 33.4 Å². The highest BCUT2D eigenvalue weighted by Crippen LogP contribution is 2.27. The number of hydrogen-bond donors (Lipinski definition) is 1. The van der Waals surface area contributed by atoms with Crippen LogP contribution in [0.1, 0.15) is 19.4 Å². The van der Waals surface area contributed by atoms with E-state index in [1.165, 1.54) is 6.07 Å². The van der Waals surface area contributed by atoms with Crippen molar-refractivity contribution in [2.45, 2.75) is 26.8 Å². The molecule has 100 valence electrons. The molecule has 0 unspecified atom stereocenters. The summed E-state index contributed by atoms with van der Waals surface area (Å²) < 4.78 is 0. The predicted molar refractivity (Wildman–Crippen MR) is 74.1 cm³/mol. The van der Waals surface area contributed by atoms with E-state index in [2.05, 4.69) is 24.1 Å². The van der Waals surface area contributed by atoms with Gasteiger partial charge in [0.05, 0.1) is 4.92 Å². The number of hydrogen-bond acceptors (Lipinski definition) is 4. The summed E-state index contributed by atoms with van der Waals surface area (Å²) in [5, 5.41) is 14.1. The number of nitro groups is 1. The minimum Gasteiger partial charge on any atom is -0.378 e. The van der Waals surface area contributed by atoms with Crippen molar-refractivity contribution in [3.63, 3.8) is 0 Å². The van der Waals surface area contributed by atoms with E-state index in [-0.39, 0.29) is 10.6 Å². The third-order valence-electron chi connectivity index (χ3n) is 3.10. The fraction of sp³-hybridized carbons (Fsp3) is 0.538. The molecule has 0 fully saturated rings. The number of nitrogens with one attached hydrogen (secondary N) is 1. The molecule has 0 aliphatic rings. The molecule has 0 aliphatic carbocycles. The van der Waals surface area contributed by atoms with Crippen molar-refractivity contribution in [2.24, 2.45) is 0 Å². The van der Waals surface area contributed by atoms with E-state index in [4.69, 9.17) is 0 Å². The maximum atomic E-state index is 10.9. The molecule has 1 aromatic rings. The number of nitrogens with zero attached hydrogens (tertiary/aromatic N) is 2. The Morgan fingerprint density at radius 1 is 1.44 bits per heavy atom. The largest absolute Gasteiger partial charge is 0.378 e. The standard InChI is InChI=1S/C13H21N3O2/c1-10(2)15(4)9-8-14-13-11(3)6-5-7-12(13)16(17)18/h5-7,10,14H,8-9H2,1-4H3. The van der Waals surface area contributed by atoms with Crippen molar-refractivity contribution in [1.82, 2.24) is 4.90 Å². The minimum atomic E-state index is -0.346. The van der Waals surface area contributed by atoms with Crippen molar-refractivity contribution in [1.29, 1.82) is 0 Å². The van der Waals surface area contributed by atoms with Crippen LogP contribution in [0.4, 0.5) is 11.4 Å². The van der Waals surface area contributed by atoms with Crippen molar-refractivity contribution in [2.75, 3.05) is 25.5 Å². The van der Waals surface area contributed by atoms with Gasteiger partial charge in [-0.15, -0.1) is 0 Å². The molecule has 0 radical (unpaired) electrons. The number of para-hydroxylation sites is 1. The van der Waals surface area contributed by atoms with Crippen LogP contribution in [0.25, 0.3) is 0 Å². The van der Waals surface area contributed by atoms with Gasteiger partial charge < -0.3 is 10.2 Å². The molecule has 5 nitrogen and oxygen atoms in total. The Balaban J connectivity index is 2.70. The van der Waals surface area contributed by atoms with Crippen LogP contribution in [0.2, 0.25) is 0 Å². The van der Waals surface area contributed by atoms with E-state index in [0.717, 1.165) is 12.1 Å². The molecular formula is C13H21N3O2. The van der Waals surface area contributed by atoms with E-state index >= 15 is 0 Å². The van der Waals surface area contributed by atoms with Crippen LogP contribution >= 0.6 is 0 Å². The van der Waals surface area contributed by atoms with Gasteiger partial charge in [-0.3, -0.25) is 10.1 Å². The van der Waals surface area contributed by atoms with E-state index < -0.39 is 0 Å². The van der Waals surface area contributed by atoms with Gasteiger partial charge >= 0.3 is 0 Å². The first-order valence-corrected chi connectivity index (χ1v) is 6.11. The van der Waals surface area contributed by atoms with E-state index in [9.17, 15) is 10.1 Å². The van der Waals surface area contributed by atoms with Gasteiger partial charge in [0.15, 0.2) is 0 Å². The molecule has 1 rings (SSSR count). The average molecular weight is 251 g/mol. The zero-order chi connectivity index (χ0) is 13.7. The second-order valence-corrected chi connectivity index (χ2v) is 4.73. The highest BCUT2D eigenvalue weighted by atomic mass is 16.6. The van der Waals surface area contributed by atoms with Crippen LogP contribution in [-0.4, -0.2) is 36.0 Å². The first kappa shape index (κ1) is 14.4. The maximum absolute atomic E-state index is 10.9. The fourth-order valence-electron chi connectivity index (χ4n) is 1.65. The van der Waals surface area contributed by atoms with Crippen LogP contribution in [0.15, 0.2) is 18.2 Å². The van der Waals surface area contributed by atoms with Crippen molar-refractivity contribution in [3.8, 4) is 0 Å². The van der Waals surface area contributed by atoms with Crippen LogP contribution in [-0.2, 0) is 0 Å². The van der Waals surface area contributed by atoms with Crippen LogP contribution in [0, 0.1) is 17.0 Å². The van der Waals surface area contributed by atoms with Gasteiger partial charge in [-0.1, -0.05) is 12.1 Å². The zero-order valence-electron chi connectivity index (χ0n) is 11.4. The lowest BCUT2D eigenvalue weighted by Crippen LogP contribution is -2.31. The molecule has 0 atom stereocenters. The first-order valence-electron chi connectivity index (χ1n) is 6.11. The third-order valence-corrected chi connectivity index (χ3v) is 3.10. The number of benzene rings is 1. The Labute approximate surface area is 108 Å². The summed E-state index contributed by atoms with van der Waals surface area (Å²) in [6.07, 6.45) is 0. The zero-order valence-corrected chi connectivity index (χ0v) is 11.4. The monoisotopic (exact) mass is 251 g/mol. The molecule has 0 saturated heterocycles. The Bertz CT molecular complexity index is 419. The Hall–Kier alpha value is -1.62. The number of anilines is 1. The third kappa shape index (κ3) is 3.70. The molecule has 1 N–H and O–H groups in total. The van der Waals surface area contributed by atoms with Gasteiger partial charge in [0, 0.05) is 25.2 Å². The van der Waals surface area contributed by atoms with Crippen molar-refractivity contribution in [3.05, 3.63) is 33.9 Å². The van der Waals surface area contributed by atoms with Gasteiger partial charge in [0.25, 0.3) is 5.69 Å². The lowest BCUT2D eigenvalue weighted by Gasteiger charge is -2.21. The van der Waals surface area contributed by atoms with Gasteiger partial charge in [0.2, 0.25) is 0 Å². The molecule has 0 bridgehead atoms. The maximum Gasteiger partial charge on any atom is 0.292 e. The summed E-state index contributed by atoms with van der Waals surface area (Å²) in [5.74, 6) is 0. The molecule has 0 saturated carbocycles. The Morgan fingerprint density at radius 3 is 2.67 bits per heavy atom. The topological polar surface area (TPSA) is 58.4 Å². The highest BCUT2D eigenvalue weighted by molar-refractivity contribution is 5.65. The highest BCUT2D eigenvalue weighted by Gasteiger charge is 2.14. The summed E-state index contributed by atoms with van der Waals surface area (Å²) in [6, 6.07) is 5.58. The molecule has 0 amide bonds. The fourth-order valence-corrected chi connectivity index (χ4v) is 1.65. The van der Waals surface area contributed by atoms with Crippen LogP contribution in [0.5, 0.6) is 0 Å². The smallest absolute Gasteiger partial charge is 0.292 e. The molecular weight excluding hydrogens is 230 g/mol. The second-order valence-electron chi connectivity index (χ2n) is 4.73. The molecule has 0 aliphatic heterocycles. The lowest BCUT2D eigenvalue weighted by atomic mass is 10.1. The normalized spacial score (nSPS) is 11.0. The summed E-state index contributed by atoms with van der Waals surface area (Å²) >= 11 is 0. The molecule has 18 heavy (non-hydrogen) atoms. The SMILES string of the molecule is Cc1cccc([N+](=O)[O-])c1NCCN(C)C(C)C. The van der Waals surface area contributed by atoms with E-state index in [0.29, 0.717) is 18.3 Å². The van der Waals surface area contributed by atoms with Crippen molar-refractivity contribution < 1.29 is 4.92 Å². The molecule has 0 heterocycles. The summed E-state index contributed by atoms with van der Waals surface area (Å²) in [7, 11) is 2.04. The first-order chi connectivity index (χ1) is 8.43. The molecule has 5 heteroatoms. The Kier molecular flexibility index (Phi) is 5.09. The Morgan fingerprint density at radius 2 is 2.11 bits per heavy atom. The minimum absolute atomic E-state index is 0.141. The molecule has 0 spiro atoms. The van der Waals surface area contributed by atoms with Crippen molar-refractivity contribution >= 4 is 11.4 Å². The van der Waals surface area contributed by atoms with Gasteiger partial charge in [0.1, 0.15) is 5.69 Å². The van der Waals surface area contributed by atoms with E-state index in [1.54, 1.807) is 6.07 Å². The quantitative estimate of drug-likeness (QED) is 0.623. The number of nitro benzene ring substituents is 1. The van der Waals surface area contributed by atoms with Gasteiger partial charge in [-0.2, -0.15) is 0 Å². The van der Waals surface area contributed by atoms with E-state index in [1.807, 2.05) is 20.0 Å². The van der Waals surface area contributed by atoms with Crippen LogP contribution < -0.4 is 5.32 Å². The molecule has 0 aromatic heterocycles. The average Bonchev–Trinajstić information content (AvgIpc) is 2.30. The number of likely N-dealkylation sites (N-methyl/N-ethyl adjacent to an activating group) is 1. The van der Waals surface area contributed by atoms with Gasteiger partial charge in [-0.25, -0.2) is 0 Å².